The van der Waals surface area contributed by atoms with Gasteiger partial charge in [-0.05, 0) is 0 Å². The molecule has 1 aliphatic heterocycles. The molecular weight excluding hydrogens is 291 g/mol. The fraction of sp³-hybridized carbons (Fsp3) is 0.556. The normalized spacial score (nSPS) is 25.6. The van der Waals surface area contributed by atoms with Crippen molar-refractivity contribution in [1.82, 2.24) is 14.8 Å². The molecule has 2 rings (SSSR count). The van der Waals surface area contributed by atoms with Crippen molar-refractivity contribution in [2.75, 3.05) is 13.3 Å². The second-order valence-corrected chi connectivity index (χ2v) is 6.16. The van der Waals surface area contributed by atoms with E-state index in [9.17, 15) is 14.2 Å². The number of amides is 1. The minimum atomic E-state index is -3.63. The standard InChI is InChI=1S/C9H13N4O6P/c1-20(16,17)18-3-5-2-6(14)9(19-5)13-4-11-8(12-13)7(10)15/h4-5,9H,2-3H2,1H3,(H2,10,15)(H,16,17)/t5-,9+/m0/s1. The molecule has 20 heavy (non-hydrogen) atoms. The summed E-state index contributed by atoms with van der Waals surface area (Å²) in [6.45, 7) is 0.849. The molecule has 0 aliphatic carbocycles. The van der Waals surface area contributed by atoms with Crippen LogP contribution in [-0.4, -0.2) is 50.7 Å². The number of nitrogens with two attached hydrogens (primary N) is 1. The predicted molar refractivity (Wildman–Crippen MR) is 63.8 cm³/mol. The molecule has 1 saturated heterocycles. The van der Waals surface area contributed by atoms with E-state index in [1.54, 1.807) is 0 Å². The van der Waals surface area contributed by atoms with Crippen LogP contribution in [0.5, 0.6) is 0 Å². The summed E-state index contributed by atoms with van der Waals surface area (Å²) >= 11 is 0. The van der Waals surface area contributed by atoms with Crippen molar-refractivity contribution in [3.8, 4) is 0 Å². The maximum Gasteiger partial charge on any atom is 0.325 e. The molecular formula is C9H13N4O6P. The highest BCUT2D eigenvalue weighted by Gasteiger charge is 2.36. The van der Waals surface area contributed by atoms with Crippen molar-refractivity contribution in [3.63, 3.8) is 0 Å². The van der Waals surface area contributed by atoms with Crippen LogP contribution in [0.25, 0.3) is 0 Å². The minimum Gasteiger partial charge on any atom is -0.363 e. The van der Waals surface area contributed by atoms with Crippen LogP contribution in [0, 0.1) is 0 Å². The average Bonchev–Trinajstić information content (AvgIpc) is 2.91. The highest BCUT2D eigenvalue weighted by molar-refractivity contribution is 7.51. The number of carbonyl (C=O) groups excluding carboxylic acids is 2. The Hall–Kier alpha value is -1.61. The van der Waals surface area contributed by atoms with E-state index in [-0.39, 0.29) is 24.6 Å². The number of ketones is 1. The van der Waals surface area contributed by atoms with Crippen molar-refractivity contribution in [3.05, 3.63) is 12.2 Å². The molecule has 11 heteroatoms. The van der Waals surface area contributed by atoms with Gasteiger partial charge in [0.2, 0.25) is 12.1 Å². The third-order valence-electron chi connectivity index (χ3n) is 2.49. The van der Waals surface area contributed by atoms with Crippen LogP contribution >= 0.6 is 7.60 Å². The Kier molecular flexibility index (Phi) is 4.00. The molecule has 1 aromatic rings. The number of rotatable bonds is 5. The van der Waals surface area contributed by atoms with Gasteiger partial charge in [0.1, 0.15) is 6.33 Å². The second kappa shape index (κ2) is 5.41. The van der Waals surface area contributed by atoms with Crippen LogP contribution in [0.3, 0.4) is 0 Å². The lowest BCUT2D eigenvalue weighted by Gasteiger charge is -2.13. The molecule has 10 nitrogen and oxygen atoms in total. The number of hydrogen-bond acceptors (Lipinski definition) is 7. The van der Waals surface area contributed by atoms with Crippen molar-refractivity contribution >= 4 is 19.3 Å². The molecule has 0 bridgehead atoms. The topological polar surface area (TPSA) is 147 Å². The SMILES string of the molecule is CP(=O)(O)OC[C@@H]1CC(=O)[C@H](n2cnc(C(N)=O)n2)O1. The lowest BCUT2D eigenvalue weighted by Crippen LogP contribution is -2.19. The first kappa shape index (κ1) is 14.8. The van der Waals surface area contributed by atoms with Crippen LogP contribution < -0.4 is 5.73 Å². The highest BCUT2D eigenvalue weighted by atomic mass is 31.2. The van der Waals surface area contributed by atoms with Crippen molar-refractivity contribution in [2.24, 2.45) is 5.73 Å². The highest BCUT2D eigenvalue weighted by Crippen LogP contribution is 2.38. The lowest BCUT2D eigenvalue weighted by atomic mass is 10.2. The third-order valence-corrected chi connectivity index (χ3v) is 3.12. The van der Waals surface area contributed by atoms with Gasteiger partial charge in [-0.2, -0.15) is 0 Å². The van der Waals surface area contributed by atoms with E-state index in [1.165, 1.54) is 0 Å². The van der Waals surface area contributed by atoms with Gasteiger partial charge in [-0.25, -0.2) is 9.67 Å². The van der Waals surface area contributed by atoms with Crippen molar-refractivity contribution in [2.45, 2.75) is 18.8 Å². The van der Waals surface area contributed by atoms with E-state index >= 15 is 0 Å². The Morgan fingerprint density at radius 3 is 3.00 bits per heavy atom. The largest absolute Gasteiger partial charge is 0.363 e. The van der Waals surface area contributed by atoms with Crippen molar-refractivity contribution in [1.29, 1.82) is 0 Å². The third kappa shape index (κ3) is 3.48. The number of aromatic nitrogens is 3. The summed E-state index contributed by atoms with van der Waals surface area (Å²) in [6, 6.07) is 0. The summed E-state index contributed by atoms with van der Waals surface area (Å²) in [5.74, 6) is -1.35. The van der Waals surface area contributed by atoms with Gasteiger partial charge in [-0.15, -0.1) is 5.10 Å². The first-order chi connectivity index (χ1) is 9.26. The van der Waals surface area contributed by atoms with Crippen LogP contribution in [0.4, 0.5) is 0 Å². The number of nitrogens with zero attached hydrogens (tertiary/aromatic N) is 3. The van der Waals surface area contributed by atoms with Gasteiger partial charge in [0, 0.05) is 13.1 Å². The molecule has 3 atom stereocenters. The number of Topliss-reactive ketones (excluding diaryl/α,β-unsaturated/α-hetero) is 1. The number of hydrogen-bond donors (Lipinski definition) is 2. The van der Waals surface area contributed by atoms with Crippen molar-refractivity contribution < 1.29 is 28.3 Å². The number of carbonyl (C=O) groups is 2. The quantitative estimate of drug-likeness (QED) is 0.663. The minimum absolute atomic E-state index is 0.0103. The van der Waals surface area contributed by atoms with Gasteiger partial charge >= 0.3 is 7.60 Å². The summed E-state index contributed by atoms with van der Waals surface area (Å²) in [5, 5.41) is 3.73. The van der Waals surface area contributed by atoms with Gasteiger partial charge in [0.05, 0.1) is 12.7 Å². The smallest absolute Gasteiger partial charge is 0.325 e. The zero-order valence-electron chi connectivity index (χ0n) is 10.5. The van der Waals surface area contributed by atoms with Crippen LogP contribution in [0.2, 0.25) is 0 Å². The van der Waals surface area contributed by atoms with Crippen LogP contribution in [0.15, 0.2) is 6.33 Å². The van der Waals surface area contributed by atoms with Gasteiger partial charge in [-0.1, -0.05) is 0 Å². The molecule has 1 unspecified atom stereocenters. The molecule has 0 spiro atoms. The summed E-state index contributed by atoms with van der Waals surface area (Å²) in [7, 11) is -3.63. The van der Waals surface area contributed by atoms with Gasteiger partial charge in [-0.3, -0.25) is 14.2 Å². The maximum absolute atomic E-state index is 11.8. The number of ether oxygens (including phenoxy) is 1. The fourth-order valence-corrected chi connectivity index (χ4v) is 2.10. The Bertz CT molecular complexity index is 581. The number of primary amides is 1. The molecule has 3 N–H and O–H groups in total. The molecule has 0 aromatic carbocycles. The van der Waals surface area contributed by atoms with Gasteiger partial charge in [0.15, 0.2) is 5.78 Å². The monoisotopic (exact) mass is 304 g/mol. The molecule has 1 aromatic heterocycles. The summed E-state index contributed by atoms with van der Waals surface area (Å²) < 4.78 is 22.1. The van der Waals surface area contributed by atoms with Crippen LogP contribution in [0.1, 0.15) is 23.3 Å². The van der Waals surface area contributed by atoms with E-state index in [4.69, 9.17) is 19.9 Å². The Morgan fingerprint density at radius 2 is 2.45 bits per heavy atom. The van der Waals surface area contributed by atoms with E-state index in [0.717, 1.165) is 17.7 Å². The summed E-state index contributed by atoms with van der Waals surface area (Å²) in [5.41, 5.74) is 5.00. The van der Waals surface area contributed by atoms with Gasteiger partial charge in [0.25, 0.3) is 5.91 Å². The Labute approximate surface area is 113 Å². The molecule has 1 fully saturated rings. The average molecular weight is 304 g/mol. The van der Waals surface area contributed by atoms with E-state index < -0.39 is 25.8 Å². The molecule has 1 aliphatic rings. The van der Waals surface area contributed by atoms with Gasteiger partial charge < -0.3 is 19.9 Å². The second-order valence-electron chi connectivity index (χ2n) is 4.29. The Morgan fingerprint density at radius 1 is 1.75 bits per heavy atom. The zero-order valence-corrected chi connectivity index (χ0v) is 11.4. The summed E-state index contributed by atoms with van der Waals surface area (Å²) in [6.07, 6.45) is -0.535. The zero-order chi connectivity index (χ0) is 14.9. The molecule has 0 radical (unpaired) electrons. The first-order valence-corrected chi connectivity index (χ1v) is 7.62. The predicted octanol–water partition coefficient (Wildman–Crippen LogP) is -0.935. The molecule has 2 heterocycles. The van der Waals surface area contributed by atoms with E-state index in [1.807, 2.05) is 0 Å². The maximum atomic E-state index is 11.8. The van der Waals surface area contributed by atoms with Crippen LogP contribution in [-0.2, 0) is 18.6 Å². The Balaban J connectivity index is 2.01. The fourth-order valence-electron chi connectivity index (χ4n) is 1.66. The summed E-state index contributed by atoms with van der Waals surface area (Å²) in [4.78, 5) is 35.3. The molecule has 0 saturated carbocycles. The van der Waals surface area contributed by atoms with E-state index in [0.29, 0.717) is 0 Å². The lowest BCUT2D eigenvalue weighted by molar-refractivity contribution is -0.128. The molecule has 1 amide bonds. The first-order valence-electron chi connectivity index (χ1n) is 5.60. The molecule has 110 valence electrons. The van der Waals surface area contributed by atoms with E-state index in [2.05, 4.69) is 10.1 Å².